The van der Waals surface area contributed by atoms with Crippen molar-refractivity contribution >= 4 is 23.7 Å². The molecule has 0 saturated heterocycles. The summed E-state index contributed by atoms with van der Waals surface area (Å²) in [6, 6.07) is -1.26. The van der Waals surface area contributed by atoms with Crippen molar-refractivity contribution in [1.82, 2.24) is 0 Å². The third-order valence-corrected chi connectivity index (χ3v) is 2.85. The molecular formula is C11H21N5O5. The number of carboxylic acid groups (broad SMARTS) is 2. The number of hydrogen-bond acceptors (Lipinski definition) is 6. The predicted molar refractivity (Wildman–Crippen MR) is 74.3 cm³/mol. The van der Waals surface area contributed by atoms with E-state index in [0.29, 0.717) is 0 Å². The molecule has 0 saturated carbocycles. The second kappa shape index (κ2) is 8.17. The number of Topliss-reactive ketones (excluding diaryl/α,β-unsaturated/α-hetero) is 1. The van der Waals surface area contributed by atoms with Gasteiger partial charge in [-0.25, -0.2) is 4.79 Å². The number of carboxylic acids is 2. The molecule has 10 N–H and O–H groups in total. The van der Waals surface area contributed by atoms with Crippen LogP contribution < -0.4 is 22.9 Å². The minimum atomic E-state index is -2.18. The van der Waals surface area contributed by atoms with E-state index in [1.165, 1.54) is 0 Å². The Morgan fingerprint density at radius 2 is 1.76 bits per heavy atom. The van der Waals surface area contributed by atoms with Crippen molar-refractivity contribution in [3.8, 4) is 0 Å². The van der Waals surface area contributed by atoms with E-state index in [2.05, 4.69) is 4.99 Å². The van der Waals surface area contributed by atoms with E-state index < -0.39 is 29.3 Å². The maximum absolute atomic E-state index is 12.0. The number of nitrogens with two attached hydrogens (primary N) is 4. The van der Waals surface area contributed by atoms with Crippen LogP contribution in [0.25, 0.3) is 0 Å². The highest BCUT2D eigenvalue weighted by atomic mass is 16.4. The Morgan fingerprint density at radius 3 is 2.19 bits per heavy atom. The lowest BCUT2D eigenvalue weighted by Crippen LogP contribution is -2.60. The highest BCUT2D eigenvalue weighted by molar-refractivity contribution is 6.09. The SMILES string of the molecule is NC(N)=NCCCC(N)(C(=O)O)C(=O)C(N)CCC(=O)O. The van der Waals surface area contributed by atoms with Gasteiger partial charge in [0.05, 0.1) is 6.04 Å². The molecular weight excluding hydrogens is 282 g/mol. The van der Waals surface area contributed by atoms with Gasteiger partial charge in [-0.3, -0.25) is 14.6 Å². The van der Waals surface area contributed by atoms with Crippen LogP contribution in [0.2, 0.25) is 0 Å². The van der Waals surface area contributed by atoms with Gasteiger partial charge in [0.25, 0.3) is 0 Å². The number of nitrogens with zero attached hydrogens (tertiary/aromatic N) is 1. The average Bonchev–Trinajstić information content (AvgIpc) is 2.39. The molecule has 0 radical (unpaired) electrons. The fourth-order valence-corrected chi connectivity index (χ4v) is 1.64. The topological polar surface area (TPSA) is 208 Å². The third kappa shape index (κ3) is 6.19. The van der Waals surface area contributed by atoms with Gasteiger partial charge in [0.15, 0.2) is 17.3 Å². The van der Waals surface area contributed by atoms with E-state index in [-0.39, 0.29) is 38.2 Å². The summed E-state index contributed by atoms with van der Waals surface area (Å²) in [5, 5.41) is 17.7. The molecule has 0 aliphatic carbocycles. The molecule has 21 heavy (non-hydrogen) atoms. The number of ketones is 1. The molecule has 0 aromatic carbocycles. The van der Waals surface area contributed by atoms with Crippen LogP contribution in [0.4, 0.5) is 0 Å². The van der Waals surface area contributed by atoms with E-state index in [9.17, 15) is 14.4 Å². The molecule has 0 spiro atoms. The molecule has 0 aliphatic rings. The Hall–Kier alpha value is -2.20. The van der Waals surface area contributed by atoms with E-state index in [4.69, 9.17) is 33.1 Å². The quantitative estimate of drug-likeness (QED) is 0.110. The van der Waals surface area contributed by atoms with Crippen molar-refractivity contribution < 1.29 is 24.6 Å². The zero-order valence-corrected chi connectivity index (χ0v) is 11.5. The summed E-state index contributed by atoms with van der Waals surface area (Å²) in [4.78, 5) is 37.4. The summed E-state index contributed by atoms with van der Waals surface area (Å²) in [5.41, 5.74) is 19.2. The smallest absolute Gasteiger partial charge is 0.331 e. The highest BCUT2D eigenvalue weighted by Crippen LogP contribution is 2.15. The number of carbonyl (C=O) groups excluding carboxylic acids is 1. The van der Waals surface area contributed by atoms with Gasteiger partial charge >= 0.3 is 11.9 Å². The lowest BCUT2D eigenvalue weighted by Gasteiger charge is -2.25. The van der Waals surface area contributed by atoms with Crippen molar-refractivity contribution in [1.29, 1.82) is 0 Å². The molecule has 0 aromatic heterocycles. The summed E-state index contributed by atoms with van der Waals surface area (Å²) in [6.45, 7) is 0.117. The molecule has 10 nitrogen and oxygen atoms in total. The van der Waals surface area contributed by atoms with Gasteiger partial charge < -0.3 is 33.1 Å². The first-order valence-electron chi connectivity index (χ1n) is 6.20. The zero-order valence-electron chi connectivity index (χ0n) is 11.5. The van der Waals surface area contributed by atoms with Crippen LogP contribution in [0.5, 0.6) is 0 Å². The largest absolute Gasteiger partial charge is 0.481 e. The van der Waals surface area contributed by atoms with E-state index >= 15 is 0 Å². The molecule has 0 bridgehead atoms. The van der Waals surface area contributed by atoms with Gasteiger partial charge in [-0.2, -0.15) is 0 Å². The van der Waals surface area contributed by atoms with Gasteiger partial charge in [0.2, 0.25) is 0 Å². The van der Waals surface area contributed by atoms with E-state index in [1.807, 2.05) is 0 Å². The first-order valence-corrected chi connectivity index (χ1v) is 6.20. The number of guanidine groups is 1. The molecule has 0 fully saturated rings. The van der Waals surface area contributed by atoms with Gasteiger partial charge in [-0.1, -0.05) is 0 Å². The Bertz CT molecular complexity index is 435. The lowest BCUT2D eigenvalue weighted by atomic mass is 9.85. The maximum Gasteiger partial charge on any atom is 0.331 e. The molecule has 0 aliphatic heterocycles. The molecule has 0 amide bonds. The summed E-state index contributed by atoms with van der Waals surface area (Å²) < 4.78 is 0. The fraction of sp³-hybridized carbons (Fsp3) is 0.636. The van der Waals surface area contributed by atoms with Crippen LogP contribution in [0, 0.1) is 0 Å². The number of aliphatic imine (C=N–C) groups is 1. The first-order chi connectivity index (χ1) is 9.61. The summed E-state index contributed by atoms with van der Waals surface area (Å²) in [7, 11) is 0. The summed E-state index contributed by atoms with van der Waals surface area (Å²) in [5.74, 6) is -3.73. The van der Waals surface area contributed by atoms with Crippen LogP contribution in [0.1, 0.15) is 25.7 Å². The van der Waals surface area contributed by atoms with Crippen molar-refractivity contribution in [2.24, 2.45) is 27.9 Å². The molecule has 0 heterocycles. The average molecular weight is 303 g/mol. The molecule has 2 unspecified atom stereocenters. The number of carbonyl (C=O) groups is 3. The molecule has 10 heteroatoms. The van der Waals surface area contributed by atoms with Crippen LogP contribution >= 0.6 is 0 Å². The minimum Gasteiger partial charge on any atom is -0.481 e. The van der Waals surface area contributed by atoms with Crippen LogP contribution in [0.3, 0.4) is 0 Å². The van der Waals surface area contributed by atoms with Crippen LogP contribution in [0.15, 0.2) is 4.99 Å². The Morgan fingerprint density at radius 1 is 1.19 bits per heavy atom. The number of hydrogen-bond donors (Lipinski definition) is 6. The Labute approximate surface area is 121 Å². The number of rotatable bonds is 10. The third-order valence-electron chi connectivity index (χ3n) is 2.85. The fourth-order valence-electron chi connectivity index (χ4n) is 1.64. The summed E-state index contributed by atoms with van der Waals surface area (Å²) >= 11 is 0. The van der Waals surface area contributed by atoms with E-state index in [0.717, 1.165) is 0 Å². The monoisotopic (exact) mass is 303 g/mol. The normalized spacial score (nSPS) is 14.8. The van der Waals surface area contributed by atoms with Crippen molar-refractivity contribution in [2.75, 3.05) is 6.54 Å². The second-order valence-electron chi connectivity index (χ2n) is 4.59. The van der Waals surface area contributed by atoms with Gasteiger partial charge in [-0.05, 0) is 19.3 Å². The highest BCUT2D eigenvalue weighted by Gasteiger charge is 2.43. The molecule has 120 valence electrons. The van der Waals surface area contributed by atoms with Crippen LogP contribution in [-0.2, 0) is 14.4 Å². The second-order valence-corrected chi connectivity index (χ2v) is 4.59. The molecule has 0 aromatic rings. The Kier molecular flexibility index (Phi) is 7.31. The van der Waals surface area contributed by atoms with Gasteiger partial charge in [0, 0.05) is 13.0 Å². The van der Waals surface area contributed by atoms with Gasteiger partial charge in [0.1, 0.15) is 0 Å². The minimum absolute atomic E-state index is 0.117. The van der Waals surface area contributed by atoms with Crippen molar-refractivity contribution in [3.05, 3.63) is 0 Å². The number of aliphatic carboxylic acids is 2. The van der Waals surface area contributed by atoms with Crippen LogP contribution in [-0.4, -0.2) is 52.0 Å². The van der Waals surface area contributed by atoms with Crippen molar-refractivity contribution in [3.63, 3.8) is 0 Å². The Balaban J connectivity index is 4.76. The standard InChI is InChI=1S/C11H21N5O5/c12-6(2-3-7(17)18)8(19)11(15,9(20)21)4-1-5-16-10(13)14/h6H,1-5,12,15H2,(H,17,18)(H,20,21)(H4,13,14,16). The summed E-state index contributed by atoms with van der Waals surface area (Å²) in [6.07, 6.45) is -0.582. The van der Waals surface area contributed by atoms with E-state index in [1.54, 1.807) is 0 Å². The predicted octanol–water partition coefficient (Wildman–Crippen LogP) is -2.42. The zero-order chi connectivity index (χ0) is 16.6. The lowest BCUT2D eigenvalue weighted by molar-refractivity contribution is -0.149. The molecule has 2 atom stereocenters. The molecule has 0 rings (SSSR count). The van der Waals surface area contributed by atoms with Gasteiger partial charge in [-0.15, -0.1) is 0 Å². The van der Waals surface area contributed by atoms with Crippen molar-refractivity contribution in [2.45, 2.75) is 37.3 Å². The first kappa shape index (κ1) is 18.8. The maximum atomic E-state index is 12.0.